The number of nitrogens with one attached hydrogen (secondary N) is 2. The van der Waals surface area contributed by atoms with Gasteiger partial charge < -0.3 is 10.6 Å². The molecule has 4 nitrogen and oxygen atoms in total. The Morgan fingerprint density at radius 1 is 1.12 bits per heavy atom. The maximum Gasteiger partial charge on any atom is 0.224 e. The van der Waals surface area contributed by atoms with Crippen LogP contribution in [0.15, 0.2) is 35.7 Å². The number of halogens is 2. The molecule has 1 aromatic heterocycles. The van der Waals surface area contributed by atoms with Crippen molar-refractivity contribution in [2.75, 3.05) is 5.32 Å². The zero-order valence-corrected chi connectivity index (χ0v) is 15.5. The fourth-order valence-electron chi connectivity index (χ4n) is 2.18. The summed E-state index contributed by atoms with van der Waals surface area (Å²) < 4.78 is 0. The summed E-state index contributed by atoms with van der Waals surface area (Å²) >= 11 is 13.5. The average molecular weight is 385 g/mol. The average Bonchev–Trinajstić information content (AvgIpc) is 3.03. The van der Waals surface area contributed by atoms with Crippen molar-refractivity contribution in [3.05, 3.63) is 50.6 Å². The largest absolute Gasteiger partial charge is 0.351 e. The molecular formula is C17H18Cl2N2O2S. The van der Waals surface area contributed by atoms with E-state index in [4.69, 9.17) is 23.2 Å². The van der Waals surface area contributed by atoms with Gasteiger partial charge in [-0.1, -0.05) is 42.3 Å². The summed E-state index contributed by atoms with van der Waals surface area (Å²) in [5.41, 5.74) is 0.475. The minimum atomic E-state index is -0.197. The molecule has 0 aliphatic carbocycles. The van der Waals surface area contributed by atoms with E-state index in [1.807, 2.05) is 24.4 Å². The van der Waals surface area contributed by atoms with Gasteiger partial charge in [0, 0.05) is 17.7 Å². The summed E-state index contributed by atoms with van der Waals surface area (Å²) in [4.78, 5) is 25.1. The first-order chi connectivity index (χ1) is 11.5. The van der Waals surface area contributed by atoms with Crippen LogP contribution in [-0.2, 0) is 16.1 Å². The van der Waals surface area contributed by atoms with Gasteiger partial charge in [0.25, 0.3) is 0 Å². The molecule has 2 rings (SSSR count). The van der Waals surface area contributed by atoms with Crippen molar-refractivity contribution in [1.29, 1.82) is 0 Å². The molecule has 0 saturated carbocycles. The van der Waals surface area contributed by atoms with Crippen LogP contribution in [-0.4, -0.2) is 11.8 Å². The highest BCUT2D eigenvalue weighted by atomic mass is 35.5. The fraction of sp³-hybridized carbons (Fsp3) is 0.294. The summed E-state index contributed by atoms with van der Waals surface area (Å²) in [5, 5.41) is 8.25. The van der Waals surface area contributed by atoms with Gasteiger partial charge in [-0.2, -0.15) is 0 Å². The summed E-state index contributed by atoms with van der Waals surface area (Å²) in [6, 6.07) is 8.96. The van der Waals surface area contributed by atoms with Crippen molar-refractivity contribution in [2.24, 2.45) is 5.92 Å². The molecule has 1 aromatic carbocycles. The van der Waals surface area contributed by atoms with Crippen LogP contribution in [0.3, 0.4) is 0 Å². The van der Waals surface area contributed by atoms with Gasteiger partial charge in [0.1, 0.15) is 0 Å². The third kappa shape index (κ3) is 5.82. The summed E-state index contributed by atoms with van der Waals surface area (Å²) in [7, 11) is 0. The van der Waals surface area contributed by atoms with Gasteiger partial charge in [0.15, 0.2) is 0 Å². The molecule has 1 atom stereocenters. The van der Waals surface area contributed by atoms with Crippen molar-refractivity contribution in [3.63, 3.8) is 0 Å². The summed E-state index contributed by atoms with van der Waals surface area (Å²) in [6.45, 7) is 2.39. The lowest BCUT2D eigenvalue weighted by Crippen LogP contribution is -2.25. The van der Waals surface area contributed by atoms with E-state index in [2.05, 4.69) is 10.6 Å². The number of benzene rings is 1. The number of anilines is 1. The van der Waals surface area contributed by atoms with Crippen molar-refractivity contribution < 1.29 is 9.59 Å². The lowest BCUT2D eigenvalue weighted by molar-refractivity contribution is -0.122. The van der Waals surface area contributed by atoms with Gasteiger partial charge in [-0.15, -0.1) is 11.3 Å². The molecule has 0 aliphatic rings. The van der Waals surface area contributed by atoms with E-state index in [1.165, 1.54) is 0 Å². The highest BCUT2D eigenvalue weighted by molar-refractivity contribution is 7.09. The zero-order chi connectivity index (χ0) is 17.5. The molecule has 1 heterocycles. The number of hydrogen-bond acceptors (Lipinski definition) is 3. The van der Waals surface area contributed by atoms with Crippen LogP contribution in [0.4, 0.5) is 5.69 Å². The van der Waals surface area contributed by atoms with Crippen LogP contribution >= 0.6 is 34.5 Å². The molecular weight excluding hydrogens is 367 g/mol. The molecule has 1 unspecified atom stereocenters. The predicted octanol–water partition coefficient (Wildman–Crippen LogP) is 4.73. The van der Waals surface area contributed by atoms with E-state index in [9.17, 15) is 9.59 Å². The second kappa shape index (κ2) is 9.06. The van der Waals surface area contributed by atoms with Gasteiger partial charge in [-0.3, -0.25) is 9.59 Å². The summed E-state index contributed by atoms with van der Waals surface area (Å²) in [5.74, 6) is -0.339. The molecule has 0 fully saturated rings. The standard InChI is InChI=1S/C17H18Cl2N2O2S/c1-11(8-15(22)20-10-12-4-3-7-24-12)9-16(23)21-14-6-2-5-13(18)17(14)19/h2-7,11H,8-10H2,1H3,(H,20,22)(H,21,23). The summed E-state index contributed by atoms with van der Waals surface area (Å²) in [6.07, 6.45) is 0.525. The van der Waals surface area contributed by atoms with E-state index >= 15 is 0 Å². The van der Waals surface area contributed by atoms with E-state index in [1.54, 1.807) is 29.5 Å². The smallest absolute Gasteiger partial charge is 0.224 e. The van der Waals surface area contributed by atoms with Crippen molar-refractivity contribution in [2.45, 2.75) is 26.3 Å². The Morgan fingerprint density at radius 3 is 2.58 bits per heavy atom. The van der Waals surface area contributed by atoms with E-state index in [0.29, 0.717) is 28.7 Å². The lowest BCUT2D eigenvalue weighted by Gasteiger charge is -2.12. The molecule has 0 aliphatic heterocycles. The molecule has 7 heteroatoms. The van der Waals surface area contributed by atoms with Crippen LogP contribution in [0.2, 0.25) is 10.0 Å². The van der Waals surface area contributed by atoms with E-state index in [0.717, 1.165) is 4.88 Å². The number of carbonyl (C=O) groups is 2. The van der Waals surface area contributed by atoms with Gasteiger partial charge >= 0.3 is 0 Å². The maximum absolute atomic E-state index is 12.1. The van der Waals surface area contributed by atoms with Crippen LogP contribution in [0, 0.1) is 5.92 Å². The highest BCUT2D eigenvalue weighted by Gasteiger charge is 2.15. The van der Waals surface area contributed by atoms with E-state index in [-0.39, 0.29) is 24.2 Å². The first-order valence-electron chi connectivity index (χ1n) is 7.48. The molecule has 128 valence electrons. The molecule has 2 aromatic rings. The number of amides is 2. The first kappa shape index (κ1) is 18.8. The minimum Gasteiger partial charge on any atom is -0.351 e. The molecule has 2 N–H and O–H groups in total. The molecule has 0 spiro atoms. The van der Waals surface area contributed by atoms with Crippen molar-refractivity contribution >= 4 is 52.0 Å². The maximum atomic E-state index is 12.1. The molecule has 0 bridgehead atoms. The van der Waals surface area contributed by atoms with Crippen molar-refractivity contribution in [1.82, 2.24) is 5.32 Å². The molecule has 0 saturated heterocycles. The Bertz CT molecular complexity index is 705. The van der Waals surface area contributed by atoms with Crippen LogP contribution < -0.4 is 10.6 Å². The number of rotatable bonds is 7. The van der Waals surface area contributed by atoms with E-state index < -0.39 is 0 Å². The van der Waals surface area contributed by atoms with Crippen LogP contribution in [0.1, 0.15) is 24.6 Å². The van der Waals surface area contributed by atoms with Crippen molar-refractivity contribution in [3.8, 4) is 0 Å². The van der Waals surface area contributed by atoms with Crippen LogP contribution in [0.25, 0.3) is 0 Å². The normalized spacial score (nSPS) is 11.8. The Labute approximate surface area is 155 Å². The number of carbonyl (C=O) groups excluding carboxylic acids is 2. The topological polar surface area (TPSA) is 58.2 Å². The fourth-order valence-corrected chi connectivity index (χ4v) is 3.17. The Hall–Kier alpha value is -1.56. The Kier molecular flexibility index (Phi) is 7.09. The molecule has 0 radical (unpaired) electrons. The SMILES string of the molecule is CC(CC(=O)NCc1cccs1)CC(=O)Nc1cccc(Cl)c1Cl. The minimum absolute atomic E-state index is 0.0653. The molecule has 2 amide bonds. The van der Waals surface area contributed by atoms with Gasteiger partial charge in [0.05, 0.1) is 22.3 Å². The van der Waals surface area contributed by atoms with Gasteiger partial charge in [-0.05, 0) is 29.5 Å². The first-order valence-corrected chi connectivity index (χ1v) is 9.12. The quantitative estimate of drug-likeness (QED) is 0.724. The third-order valence-electron chi connectivity index (χ3n) is 3.33. The second-order valence-corrected chi connectivity index (χ2v) is 7.34. The number of hydrogen-bond donors (Lipinski definition) is 2. The predicted molar refractivity (Wildman–Crippen MR) is 99.7 cm³/mol. The monoisotopic (exact) mass is 384 g/mol. The van der Waals surface area contributed by atoms with Gasteiger partial charge in [0.2, 0.25) is 11.8 Å². The second-order valence-electron chi connectivity index (χ2n) is 5.52. The Morgan fingerprint density at radius 2 is 1.88 bits per heavy atom. The highest BCUT2D eigenvalue weighted by Crippen LogP contribution is 2.29. The Balaban J connectivity index is 1.76. The van der Waals surface area contributed by atoms with Crippen LogP contribution in [0.5, 0.6) is 0 Å². The number of thiophene rings is 1. The zero-order valence-electron chi connectivity index (χ0n) is 13.1. The van der Waals surface area contributed by atoms with Gasteiger partial charge in [-0.25, -0.2) is 0 Å². The third-order valence-corrected chi connectivity index (χ3v) is 5.03. The lowest BCUT2D eigenvalue weighted by atomic mass is 10.0. The molecule has 24 heavy (non-hydrogen) atoms.